The Balaban J connectivity index is 1.37. The third-order valence-corrected chi connectivity index (χ3v) is 6.45. The molecule has 7 nitrogen and oxygen atoms in total. The molecule has 4 heterocycles. The Kier molecular flexibility index (Phi) is 6.53. The third-order valence-electron chi connectivity index (χ3n) is 6.45. The van der Waals surface area contributed by atoms with E-state index in [2.05, 4.69) is 14.6 Å². The topological polar surface area (TPSA) is 63.5 Å². The van der Waals surface area contributed by atoms with Crippen LogP contribution in [-0.4, -0.2) is 56.7 Å². The molecule has 0 spiro atoms. The van der Waals surface area contributed by atoms with E-state index in [1.54, 1.807) is 36.7 Å². The normalized spacial score (nSPS) is 16.1. The van der Waals surface area contributed by atoms with E-state index in [1.807, 2.05) is 21.7 Å². The Bertz CT molecular complexity index is 1130. The molecule has 1 saturated heterocycles. The van der Waals surface area contributed by atoms with Gasteiger partial charge in [0.05, 0.1) is 6.54 Å². The maximum Gasteiger partial charge on any atom is 0.387 e. The van der Waals surface area contributed by atoms with Gasteiger partial charge in [-0.2, -0.15) is 13.9 Å². The zero-order valence-corrected chi connectivity index (χ0v) is 18.9. The van der Waals surface area contributed by atoms with Gasteiger partial charge in [0.2, 0.25) is 0 Å². The van der Waals surface area contributed by atoms with Crippen LogP contribution in [0.3, 0.4) is 0 Å². The summed E-state index contributed by atoms with van der Waals surface area (Å²) in [5, 5.41) is 4.80. The maximum atomic E-state index is 13.3. The average Bonchev–Trinajstić information content (AvgIpc) is 3.49. The van der Waals surface area contributed by atoms with Crippen molar-refractivity contribution < 1.29 is 18.3 Å². The first-order valence-corrected chi connectivity index (χ1v) is 11.6. The number of carbonyl (C=O) groups excluding carboxylic acids is 1. The van der Waals surface area contributed by atoms with Crippen LogP contribution < -0.4 is 4.74 Å². The fourth-order valence-electron chi connectivity index (χ4n) is 4.75. The van der Waals surface area contributed by atoms with Gasteiger partial charge in [-0.15, -0.1) is 0 Å². The Morgan fingerprint density at radius 1 is 0.971 bits per heavy atom. The highest BCUT2D eigenvalue weighted by molar-refractivity contribution is 5.94. The van der Waals surface area contributed by atoms with E-state index < -0.39 is 6.61 Å². The number of nitrogens with zero attached hydrogens (tertiary/aromatic N) is 5. The predicted octanol–water partition coefficient (Wildman–Crippen LogP) is 3.72. The van der Waals surface area contributed by atoms with E-state index in [0.29, 0.717) is 25.3 Å². The van der Waals surface area contributed by atoms with Crippen molar-refractivity contribution in [3.63, 3.8) is 0 Å². The molecule has 5 rings (SSSR count). The largest absolute Gasteiger partial charge is 0.435 e. The van der Waals surface area contributed by atoms with Crippen molar-refractivity contribution in [1.29, 1.82) is 0 Å². The highest BCUT2D eigenvalue weighted by atomic mass is 19.3. The van der Waals surface area contributed by atoms with Gasteiger partial charge in [0.25, 0.3) is 5.91 Å². The molecule has 0 N–H and O–H groups in total. The number of aromatic nitrogens is 3. The second-order valence-corrected chi connectivity index (χ2v) is 8.77. The standard InChI is InChI=1S/C25H27F2N5O2/c26-25(27)34-20-5-3-18(4-6-20)15-30-14-9-22-21(17-30)23(24(33)31-12-1-2-13-31)29-32(22)16-19-7-10-28-11-8-19/h3-8,10-11,25H,1-2,9,12-17H2. The number of alkyl halides is 2. The molecule has 2 aliphatic heterocycles. The SMILES string of the molecule is O=C(c1nn(Cc2ccncc2)c2c1CN(Cc1ccc(OC(F)F)cc1)CC2)N1CCCC1. The van der Waals surface area contributed by atoms with Crippen molar-refractivity contribution in [2.24, 2.45) is 0 Å². The van der Waals surface area contributed by atoms with E-state index in [9.17, 15) is 13.6 Å². The summed E-state index contributed by atoms with van der Waals surface area (Å²) in [7, 11) is 0. The fraction of sp³-hybridized carbons (Fsp3) is 0.400. The molecule has 1 fully saturated rings. The average molecular weight is 468 g/mol. The monoisotopic (exact) mass is 467 g/mol. The number of halogens is 2. The van der Waals surface area contributed by atoms with Gasteiger partial charge in [0.1, 0.15) is 5.75 Å². The third kappa shape index (κ3) is 4.94. The van der Waals surface area contributed by atoms with Crippen molar-refractivity contribution in [1.82, 2.24) is 24.6 Å². The molecule has 0 saturated carbocycles. The summed E-state index contributed by atoms with van der Waals surface area (Å²) >= 11 is 0. The lowest BCUT2D eigenvalue weighted by molar-refractivity contribution is -0.0498. The van der Waals surface area contributed by atoms with Gasteiger partial charge in [0, 0.05) is 62.8 Å². The predicted molar refractivity (Wildman–Crippen MR) is 122 cm³/mol. The fourth-order valence-corrected chi connectivity index (χ4v) is 4.75. The van der Waals surface area contributed by atoms with Crippen LogP contribution in [0.15, 0.2) is 48.8 Å². The highest BCUT2D eigenvalue weighted by Crippen LogP contribution is 2.27. The minimum atomic E-state index is -2.83. The number of amides is 1. The first-order valence-electron chi connectivity index (χ1n) is 11.6. The Morgan fingerprint density at radius 3 is 2.38 bits per heavy atom. The molecule has 178 valence electrons. The van der Waals surface area contributed by atoms with Crippen LogP contribution in [0.1, 0.15) is 45.7 Å². The van der Waals surface area contributed by atoms with Gasteiger partial charge in [-0.1, -0.05) is 12.1 Å². The zero-order chi connectivity index (χ0) is 23.5. The molecule has 2 aromatic heterocycles. The van der Waals surface area contributed by atoms with Gasteiger partial charge in [-0.05, 0) is 48.2 Å². The quantitative estimate of drug-likeness (QED) is 0.530. The van der Waals surface area contributed by atoms with Gasteiger partial charge < -0.3 is 9.64 Å². The molecule has 3 aromatic rings. The van der Waals surface area contributed by atoms with Gasteiger partial charge in [-0.25, -0.2) is 0 Å². The van der Waals surface area contributed by atoms with Crippen molar-refractivity contribution in [2.75, 3.05) is 19.6 Å². The molecule has 0 radical (unpaired) electrons. The number of rotatable bonds is 7. The van der Waals surface area contributed by atoms with E-state index in [-0.39, 0.29) is 11.7 Å². The van der Waals surface area contributed by atoms with Crippen LogP contribution in [0.25, 0.3) is 0 Å². The summed E-state index contributed by atoms with van der Waals surface area (Å²) in [6.45, 7) is 1.42. The number of fused-ring (bicyclic) bond motifs is 1. The maximum absolute atomic E-state index is 13.3. The highest BCUT2D eigenvalue weighted by Gasteiger charge is 2.31. The minimum Gasteiger partial charge on any atom is -0.435 e. The van der Waals surface area contributed by atoms with E-state index >= 15 is 0 Å². The number of hydrogen-bond acceptors (Lipinski definition) is 5. The second-order valence-electron chi connectivity index (χ2n) is 8.77. The lowest BCUT2D eigenvalue weighted by atomic mass is 10.0. The molecule has 34 heavy (non-hydrogen) atoms. The van der Waals surface area contributed by atoms with Crippen LogP contribution in [0.2, 0.25) is 0 Å². The van der Waals surface area contributed by atoms with E-state index in [4.69, 9.17) is 5.10 Å². The number of likely N-dealkylation sites (tertiary alicyclic amines) is 1. The van der Waals surface area contributed by atoms with Gasteiger partial charge >= 0.3 is 6.61 Å². The molecular formula is C25H27F2N5O2. The van der Waals surface area contributed by atoms with Gasteiger partial charge in [0.15, 0.2) is 5.69 Å². The van der Waals surface area contributed by atoms with Crippen LogP contribution in [-0.2, 0) is 26.1 Å². The molecule has 0 unspecified atom stereocenters. The summed E-state index contributed by atoms with van der Waals surface area (Å²) < 4.78 is 31.3. The van der Waals surface area contributed by atoms with Crippen molar-refractivity contribution in [2.45, 2.75) is 45.5 Å². The van der Waals surface area contributed by atoms with Crippen molar-refractivity contribution >= 4 is 5.91 Å². The molecule has 9 heteroatoms. The van der Waals surface area contributed by atoms with Crippen LogP contribution in [0.5, 0.6) is 5.75 Å². The summed E-state index contributed by atoms with van der Waals surface area (Å²) in [5.41, 5.74) is 4.75. The lowest BCUT2D eigenvalue weighted by Gasteiger charge is -2.28. The molecule has 1 amide bonds. The number of benzene rings is 1. The van der Waals surface area contributed by atoms with Crippen molar-refractivity contribution in [3.05, 3.63) is 76.9 Å². The van der Waals surface area contributed by atoms with E-state index in [0.717, 1.165) is 61.3 Å². The number of carbonyl (C=O) groups is 1. The number of ether oxygens (including phenoxy) is 1. The molecule has 1 aromatic carbocycles. The smallest absolute Gasteiger partial charge is 0.387 e. The Hall–Kier alpha value is -3.33. The number of hydrogen-bond donors (Lipinski definition) is 0. The molecule has 2 aliphatic rings. The van der Waals surface area contributed by atoms with E-state index in [1.165, 1.54) is 0 Å². The number of pyridine rings is 1. The first-order chi connectivity index (χ1) is 16.6. The molecule has 0 aliphatic carbocycles. The Morgan fingerprint density at radius 2 is 1.68 bits per heavy atom. The second kappa shape index (κ2) is 9.89. The molecule has 0 atom stereocenters. The van der Waals surface area contributed by atoms with Crippen LogP contribution >= 0.6 is 0 Å². The molecule has 0 bridgehead atoms. The summed E-state index contributed by atoms with van der Waals surface area (Å²) in [5.74, 6) is 0.160. The van der Waals surface area contributed by atoms with Crippen LogP contribution in [0, 0.1) is 0 Å². The lowest BCUT2D eigenvalue weighted by Crippen LogP contribution is -2.33. The zero-order valence-electron chi connectivity index (χ0n) is 18.9. The molecular weight excluding hydrogens is 440 g/mol. The summed E-state index contributed by atoms with van der Waals surface area (Å²) in [6, 6.07) is 10.7. The van der Waals surface area contributed by atoms with Crippen LogP contribution in [0.4, 0.5) is 8.78 Å². The minimum absolute atomic E-state index is 0.0116. The summed E-state index contributed by atoms with van der Waals surface area (Å²) in [4.78, 5) is 21.6. The first kappa shape index (κ1) is 22.5. The summed E-state index contributed by atoms with van der Waals surface area (Å²) in [6.07, 6.45) is 6.38. The Labute approximate surface area is 197 Å². The van der Waals surface area contributed by atoms with Gasteiger partial charge in [-0.3, -0.25) is 19.4 Å². The van der Waals surface area contributed by atoms with Crippen molar-refractivity contribution in [3.8, 4) is 5.75 Å².